The van der Waals surface area contributed by atoms with Gasteiger partial charge >= 0.3 is 0 Å². The third kappa shape index (κ3) is 5.31. The molecule has 4 aromatic rings. The van der Waals surface area contributed by atoms with Crippen LogP contribution in [0.5, 0.6) is 0 Å². The number of benzene rings is 1. The van der Waals surface area contributed by atoms with Crippen molar-refractivity contribution in [3.63, 3.8) is 0 Å². The molecule has 0 aliphatic heterocycles. The standard InChI is InChI=1S/C20H17N5O2S2.2C2H6/c1-27-29(26,15-5-3-2-4-6-15)25-13-16(17-8-11-23-20(21)24-17)18-14(9-12-28)7-10-22-19(18)25;2*1-2/h2-8,10-11,13,26,28H,1H3,(H2,21,23,24);2*1-2H3. The van der Waals surface area contributed by atoms with Gasteiger partial charge in [-0.1, -0.05) is 75.2 Å². The van der Waals surface area contributed by atoms with Crippen LogP contribution in [0.3, 0.4) is 0 Å². The van der Waals surface area contributed by atoms with E-state index < -0.39 is 10.8 Å². The van der Waals surface area contributed by atoms with Crippen molar-refractivity contribution in [3.05, 3.63) is 66.6 Å². The number of fused-ring (bicyclic) bond motifs is 1. The maximum atomic E-state index is 11.6. The highest BCUT2D eigenvalue weighted by Crippen LogP contribution is 2.56. The van der Waals surface area contributed by atoms with Gasteiger partial charge in [0.2, 0.25) is 5.95 Å². The van der Waals surface area contributed by atoms with Crippen molar-refractivity contribution >= 4 is 40.4 Å². The van der Waals surface area contributed by atoms with E-state index >= 15 is 0 Å². The number of anilines is 1. The monoisotopic (exact) mass is 483 g/mol. The average molecular weight is 484 g/mol. The van der Waals surface area contributed by atoms with Crippen molar-refractivity contribution in [3.8, 4) is 22.4 Å². The van der Waals surface area contributed by atoms with Gasteiger partial charge in [0, 0.05) is 35.1 Å². The maximum Gasteiger partial charge on any atom is 0.220 e. The number of aromatic nitrogens is 4. The predicted octanol–water partition coefficient (Wildman–Crippen LogP) is 6.03. The summed E-state index contributed by atoms with van der Waals surface area (Å²) in [5.74, 6) is 3.12. The van der Waals surface area contributed by atoms with E-state index in [2.05, 4.69) is 38.8 Å². The van der Waals surface area contributed by atoms with Crippen molar-refractivity contribution in [1.29, 1.82) is 0 Å². The summed E-state index contributed by atoms with van der Waals surface area (Å²) in [6.45, 7) is 8.00. The molecular formula is C24H29N5O2S2. The second kappa shape index (κ2) is 12.3. The van der Waals surface area contributed by atoms with Crippen LogP contribution in [0, 0.1) is 11.2 Å². The summed E-state index contributed by atoms with van der Waals surface area (Å²) in [5.41, 5.74) is 8.28. The molecule has 0 saturated heterocycles. The molecule has 0 saturated carbocycles. The van der Waals surface area contributed by atoms with Gasteiger partial charge in [0.25, 0.3) is 0 Å². The minimum Gasteiger partial charge on any atom is -0.368 e. The normalized spacial score (nSPS) is 12.7. The Morgan fingerprint density at radius 2 is 1.70 bits per heavy atom. The lowest BCUT2D eigenvalue weighted by Gasteiger charge is -2.37. The van der Waals surface area contributed by atoms with E-state index in [1.54, 1.807) is 34.7 Å². The van der Waals surface area contributed by atoms with Gasteiger partial charge in [0.15, 0.2) is 5.65 Å². The molecule has 1 aromatic carbocycles. The second-order valence-corrected chi connectivity index (χ2v) is 8.35. The highest BCUT2D eigenvalue weighted by Gasteiger charge is 2.27. The first-order valence-electron chi connectivity index (χ1n) is 10.5. The Morgan fingerprint density at radius 3 is 2.30 bits per heavy atom. The Labute approximate surface area is 202 Å². The zero-order chi connectivity index (χ0) is 24.4. The van der Waals surface area contributed by atoms with E-state index in [-0.39, 0.29) is 5.95 Å². The fraction of sp³-hybridized carbons (Fsp3) is 0.208. The molecule has 0 spiro atoms. The molecule has 174 valence electrons. The number of nitrogen functional groups attached to an aromatic ring is 1. The van der Waals surface area contributed by atoms with Crippen LogP contribution in [-0.4, -0.2) is 30.6 Å². The molecule has 1 unspecified atom stereocenters. The molecule has 0 radical (unpaired) electrons. The highest BCUT2D eigenvalue weighted by atomic mass is 32.3. The SMILES string of the molecule is CC.CC.COS(O)(c1ccccc1)n1cc(-c2ccnc(N)n2)c2c(C#CS)ccnc21. The van der Waals surface area contributed by atoms with Crippen molar-refractivity contribution in [2.24, 2.45) is 0 Å². The fourth-order valence-electron chi connectivity index (χ4n) is 3.09. The summed E-state index contributed by atoms with van der Waals surface area (Å²) >= 11 is 4.03. The van der Waals surface area contributed by atoms with Crippen LogP contribution in [0.4, 0.5) is 5.95 Å². The molecule has 9 heteroatoms. The van der Waals surface area contributed by atoms with Gasteiger partial charge in [0.1, 0.15) is 0 Å². The Kier molecular flexibility index (Phi) is 9.75. The van der Waals surface area contributed by atoms with Gasteiger partial charge in [-0.25, -0.2) is 18.9 Å². The van der Waals surface area contributed by atoms with Gasteiger partial charge < -0.3 is 5.73 Å². The predicted molar refractivity (Wildman–Crippen MR) is 141 cm³/mol. The van der Waals surface area contributed by atoms with Crippen LogP contribution < -0.4 is 5.73 Å². The van der Waals surface area contributed by atoms with Crippen molar-refractivity contribution in [2.45, 2.75) is 32.6 Å². The first-order chi connectivity index (χ1) is 16.1. The quantitative estimate of drug-likeness (QED) is 0.242. The third-order valence-electron chi connectivity index (χ3n) is 4.35. The molecule has 0 bridgehead atoms. The van der Waals surface area contributed by atoms with Crippen LogP contribution in [0.15, 0.2) is 66.0 Å². The molecule has 33 heavy (non-hydrogen) atoms. The number of nitrogens with zero attached hydrogens (tertiary/aromatic N) is 4. The molecule has 0 aliphatic rings. The van der Waals surface area contributed by atoms with E-state index in [0.29, 0.717) is 32.7 Å². The summed E-state index contributed by atoms with van der Waals surface area (Å²) in [4.78, 5) is 13.4. The lowest BCUT2D eigenvalue weighted by Crippen LogP contribution is -2.12. The van der Waals surface area contributed by atoms with E-state index in [1.165, 1.54) is 7.11 Å². The van der Waals surface area contributed by atoms with Crippen LogP contribution in [0.2, 0.25) is 0 Å². The molecule has 7 nitrogen and oxygen atoms in total. The van der Waals surface area contributed by atoms with E-state index in [0.717, 1.165) is 0 Å². The van der Waals surface area contributed by atoms with Crippen molar-refractivity contribution < 1.29 is 8.74 Å². The van der Waals surface area contributed by atoms with Gasteiger partial charge in [-0.3, -0.25) is 8.74 Å². The van der Waals surface area contributed by atoms with E-state index in [1.807, 2.05) is 58.0 Å². The van der Waals surface area contributed by atoms with Crippen LogP contribution in [0.1, 0.15) is 33.3 Å². The Balaban J connectivity index is 0.000000914. The second-order valence-electron chi connectivity index (χ2n) is 5.94. The minimum atomic E-state index is -2.88. The third-order valence-corrected chi connectivity index (χ3v) is 6.62. The number of hydrogen-bond donors (Lipinski definition) is 3. The molecule has 0 amide bonds. The van der Waals surface area contributed by atoms with Gasteiger partial charge in [-0.15, -0.1) is 0 Å². The minimum absolute atomic E-state index is 0.145. The number of hydrogen-bond acceptors (Lipinski definition) is 7. The summed E-state index contributed by atoms with van der Waals surface area (Å²) in [6.07, 6.45) is 4.97. The number of rotatable bonds is 4. The molecule has 1 atom stereocenters. The molecular weight excluding hydrogens is 454 g/mol. The zero-order valence-electron chi connectivity index (χ0n) is 19.4. The topological polar surface area (TPSA) is 99.1 Å². The smallest absolute Gasteiger partial charge is 0.220 e. The number of thiol groups is 1. The molecule has 4 rings (SSSR count). The van der Waals surface area contributed by atoms with Crippen LogP contribution in [0.25, 0.3) is 22.3 Å². The van der Waals surface area contributed by atoms with Gasteiger partial charge in [0.05, 0.1) is 17.7 Å². The van der Waals surface area contributed by atoms with Crippen molar-refractivity contribution in [1.82, 2.24) is 18.9 Å². The first kappa shape index (κ1) is 26.2. The van der Waals surface area contributed by atoms with Gasteiger partial charge in [-0.2, -0.15) is 0 Å². The zero-order valence-corrected chi connectivity index (χ0v) is 21.1. The fourth-order valence-corrected chi connectivity index (χ4v) is 4.92. The molecule has 3 N–H and O–H groups in total. The summed E-state index contributed by atoms with van der Waals surface area (Å²) in [5, 5.41) is 3.34. The number of pyridine rings is 1. The molecule has 3 heterocycles. The Hall–Kier alpha value is -3.03. The summed E-state index contributed by atoms with van der Waals surface area (Å²) < 4.78 is 18.8. The molecule has 0 aliphatic carbocycles. The van der Waals surface area contributed by atoms with Crippen LogP contribution in [-0.2, 0) is 4.18 Å². The largest absolute Gasteiger partial charge is 0.368 e. The first-order valence-corrected chi connectivity index (χ1v) is 12.4. The van der Waals surface area contributed by atoms with Crippen molar-refractivity contribution in [2.75, 3.05) is 12.8 Å². The average Bonchev–Trinajstić information content (AvgIpc) is 3.28. The highest BCUT2D eigenvalue weighted by molar-refractivity contribution is 8.24. The number of nitrogens with two attached hydrogens (primary N) is 1. The summed E-state index contributed by atoms with van der Waals surface area (Å²) in [6, 6.07) is 12.7. The summed E-state index contributed by atoms with van der Waals surface area (Å²) in [7, 11) is -1.41. The molecule has 0 fully saturated rings. The Morgan fingerprint density at radius 1 is 1.03 bits per heavy atom. The maximum absolute atomic E-state index is 11.6. The van der Waals surface area contributed by atoms with Gasteiger partial charge in [-0.05, 0) is 29.5 Å². The van der Waals surface area contributed by atoms with E-state index in [4.69, 9.17) is 9.92 Å². The lowest BCUT2D eigenvalue weighted by molar-refractivity contribution is 0.388. The van der Waals surface area contributed by atoms with E-state index in [9.17, 15) is 4.55 Å². The Bertz CT molecular complexity index is 1250. The molecule has 3 aromatic heterocycles. The lowest BCUT2D eigenvalue weighted by atomic mass is 10.1. The van der Waals surface area contributed by atoms with Crippen LogP contribution >= 0.6 is 23.4 Å².